The van der Waals surface area contributed by atoms with Crippen molar-refractivity contribution in [2.45, 2.75) is 13.8 Å². The third-order valence-corrected chi connectivity index (χ3v) is 2.12. The van der Waals surface area contributed by atoms with Gasteiger partial charge in [-0.15, -0.1) is 0 Å². The van der Waals surface area contributed by atoms with Crippen LogP contribution in [0, 0.1) is 5.92 Å². The van der Waals surface area contributed by atoms with Gasteiger partial charge in [0.15, 0.2) is 5.92 Å². The highest BCUT2D eigenvalue weighted by molar-refractivity contribution is 5.93. The molecule has 1 N–H and O–H groups in total. The first-order valence-electron chi connectivity index (χ1n) is 5.06. The molecule has 0 bridgehead atoms. The van der Waals surface area contributed by atoms with E-state index in [0.717, 1.165) is 0 Å². The standard InChI is InChI=1S/C6H10O4.C6H4/c1-3-10-6(9)4(2)5(7)8;1-2-5-4-6(5)3-1/h4H,3H2,1-2H3,(H,7,8);1-4H. The zero-order valence-electron chi connectivity index (χ0n) is 9.27. The maximum absolute atomic E-state index is 10.6. The quantitative estimate of drug-likeness (QED) is 0.636. The molecule has 0 radical (unpaired) electrons. The van der Waals surface area contributed by atoms with Gasteiger partial charge in [-0.2, -0.15) is 0 Å². The maximum Gasteiger partial charge on any atom is 0.320 e. The highest BCUT2D eigenvalue weighted by Gasteiger charge is 2.20. The van der Waals surface area contributed by atoms with Crippen LogP contribution in [0.25, 0.3) is 11.1 Å². The molecular weight excluding hydrogens is 208 g/mol. The Morgan fingerprint density at radius 2 is 1.94 bits per heavy atom. The molecule has 0 saturated heterocycles. The van der Waals surface area contributed by atoms with Crippen molar-refractivity contribution in [3.8, 4) is 11.1 Å². The SMILES string of the molecule is CCOC(=O)C(C)C(=O)O.c1cc2cc-2c1. The summed E-state index contributed by atoms with van der Waals surface area (Å²) in [5.41, 5.74) is 2.85. The zero-order valence-corrected chi connectivity index (χ0v) is 9.27. The van der Waals surface area contributed by atoms with E-state index in [1.54, 1.807) is 6.92 Å². The number of carboxylic acids is 1. The molecule has 0 saturated carbocycles. The first-order valence-corrected chi connectivity index (χ1v) is 5.06. The average molecular weight is 222 g/mol. The van der Waals surface area contributed by atoms with Crippen molar-refractivity contribution in [3.05, 3.63) is 24.3 Å². The van der Waals surface area contributed by atoms with Crippen LogP contribution in [-0.4, -0.2) is 23.7 Å². The third-order valence-electron chi connectivity index (χ3n) is 2.12. The van der Waals surface area contributed by atoms with E-state index in [-0.39, 0.29) is 6.61 Å². The van der Waals surface area contributed by atoms with Crippen LogP contribution in [0.4, 0.5) is 0 Å². The minimum absolute atomic E-state index is 0.219. The van der Waals surface area contributed by atoms with Crippen molar-refractivity contribution in [3.63, 3.8) is 0 Å². The van der Waals surface area contributed by atoms with Crippen molar-refractivity contribution in [1.82, 2.24) is 0 Å². The number of hydrogen-bond donors (Lipinski definition) is 1. The summed E-state index contributed by atoms with van der Waals surface area (Å²) in [7, 11) is 0. The van der Waals surface area contributed by atoms with Crippen LogP contribution in [0.15, 0.2) is 24.3 Å². The van der Waals surface area contributed by atoms with Crippen LogP contribution in [0.2, 0.25) is 0 Å². The van der Waals surface area contributed by atoms with E-state index in [2.05, 4.69) is 29.0 Å². The number of carbonyl (C=O) groups excluding carboxylic acids is 1. The van der Waals surface area contributed by atoms with Crippen molar-refractivity contribution < 1.29 is 19.4 Å². The first kappa shape index (κ1) is 12.2. The average Bonchev–Trinajstić information content (AvgIpc) is 2.86. The predicted octanol–water partition coefficient (Wildman–Crippen LogP) is 1.94. The summed E-state index contributed by atoms with van der Waals surface area (Å²) in [5.74, 6) is -2.89. The molecule has 2 aliphatic rings. The van der Waals surface area contributed by atoms with Crippen molar-refractivity contribution in [1.29, 1.82) is 0 Å². The van der Waals surface area contributed by atoms with Crippen LogP contribution < -0.4 is 0 Å². The summed E-state index contributed by atoms with van der Waals surface area (Å²) in [5, 5.41) is 8.28. The summed E-state index contributed by atoms with van der Waals surface area (Å²) in [6.45, 7) is 3.14. The molecule has 0 aliphatic heterocycles. The number of ether oxygens (including phenoxy) is 1. The molecule has 1 atom stereocenters. The van der Waals surface area contributed by atoms with Gasteiger partial charge in [0.25, 0.3) is 0 Å². The molecule has 2 aliphatic carbocycles. The maximum atomic E-state index is 10.6. The zero-order chi connectivity index (χ0) is 12.1. The topological polar surface area (TPSA) is 63.6 Å². The molecule has 86 valence electrons. The van der Waals surface area contributed by atoms with Gasteiger partial charge >= 0.3 is 11.9 Å². The lowest BCUT2D eigenvalue weighted by Gasteiger charge is -2.03. The molecule has 0 fully saturated rings. The monoisotopic (exact) mass is 222 g/mol. The Hall–Kier alpha value is -1.84. The van der Waals surface area contributed by atoms with Crippen LogP contribution >= 0.6 is 0 Å². The Bertz CT molecular complexity index is 381. The molecule has 4 nitrogen and oxygen atoms in total. The molecule has 1 unspecified atom stereocenters. The largest absolute Gasteiger partial charge is 0.481 e. The number of benzene rings is 1. The Morgan fingerprint density at radius 1 is 1.38 bits per heavy atom. The van der Waals surface area contributed by atoms with E-state index in [1.807, 2.05) is 0 Å². The molecule has 0 aromatic rings. The lowest BCUT2D eigenvalue weighted by molar-refractivity contribution is -0.157. The molecule has 0 amide bonds. The highest BCUT2D eigenvalue weighted by Crippen LogP contribution is 2.32. The lowest BCUT2D eigenvalue weighted by atomic mass is 10.2. The Kier molecular flexibility index (Phi) is 4.05. The molecular formula is C12H14O4. The van der Waals surface area contributed by atoms with E-state index in [9.17, 15) is 9.59 Å². The Morgan fingerprint density at radius 3 is 2.19 bits per heavy atom. The van der Waals surface area contributed by atoms with Crippen LogP contribution in [0.3, 0.4) is 0 Å². The van der Waals surface area contributed by atoms with E-state index in [0.29, 0.717) is 0 Å². The minimum Gasteiger partial charge on any atom is -0.481 e. The number of carboxylic acid groups (broad SMARTS) is 1. The van der Waals surface area contributed by atoms with Gasteiger partial charge in [0, 0.05) is 0 Å². The van der Waals surface area contributed by atoms with Crippen molar-refractivity contribution in [2.24, 2.45) is 5.92 Å². The van der Waals surface area contributed by atoms with E-state index < -0.39 is 17.9 Å². The van der Waals surface area contributed by atoms with Gasteiger partial charge in [-0.1, -0.05) is 18.2 Å². The predicted molar refractivity (Wildman–Crippen MR) is 58.9 cm³/mol. The molecule has 4 heteroatoms. The van der Waals surface area contributed by atoms with Gasteiger partial charge in [-0.3, -0.25) is 9.59 Å². The van der Waals surface area contributed by atoms with E-state index in [1.165, 1.54) is 18.1 Å². The molecule has 0 aromatic heterocycles. The number of rotatable bonds is 3. The summed E-state index contributed by atoms with van der Waals surface area (Å²) < 4.78 is 4.45. The fourth-order valence-corrected chi connectivity index (χ4v) is 1.04. The smallest absolute Gasteiger partial charge is 0.320 e. The summed E-state index contributed by atoms with van der Waals surface area (Å²) in [6, 6.07) is 8.48. The number of esters is 1. The fourth-order valence-electron chi connectivity index (χ4n) is 1.04. The highest BCUT2D eigenvalue weighted by atomic mass is 16.5. The number of fused-ring (bicyclic) bond motifs is 1. The first-order chi connectivity index (χ1) is 7.56. The summed E-state index contributed by atoms with van der Waals surface area (Å²) >= 11 is 0. The molecule has 16 heavy (non-hydrogen) atoms. The van der Waals surface area contributed by atoms with Gasteiger partial charge in [-0.25, -0.2) is 0 Å². The van der Waals surface area contributed by atoms with E-state index in [4.69, 9.17) is 5.11 Å². The van der Waals surface area contributed by atoms with Gasteiger partial charge < -0.3 is 9.84 Å². The second-order valence-electron chi connectivity index (χ2n) is 3.39. The molecule has 2 rings (SSSR count). The van der Waals surface area contributed by atoms with Gasteiger partial charge in [0.1, 0.15) is 0 Å². The lowest BCUT2D eigenvalue weighted by Crippen LogP contribution is -2.22. The second kappa shape index (κ2) is 5.30. The molecule has 0 spiro atoms. The van der Waals surface area contributed by atoms with E-state index >= 15 is 0 Å². The summed E-state index contributed by atoms with van der Waals surface area (Å²) in [6.07, 6.45) is 0. The Balaban J connectivity index is 0.000000176. The normalized spacial score (nSPS) is 11.9. The van der Waals surface area contributed by atoms with Gasteiger partial charge in [0.2, 0.25) is 0 Å². The van der Waals surface area contributed by atoms with Crippen molar-refractivity contribution in [2.75, 3.05) is 6.61 Å². The number of hydrogen-bond acceptors (Lipinski definition) is 3. The van der Waals surface area contributed by atoms with Crippen LogP contribution in [0.5, 0.6) is 0 Å². The van der Waals surface area contributed by atoms with Crippen molar-refractivity contribution >= 4 is 11.9 Å². The number of aliphatic carboxylic acids is 1. The van der Waals surface area contributed by atoms with Crippen LogP contribution in [-0.2, 0) is 14.3 Å². The Labute approximate surface area is 93.9 Å². The van der Waals surface area contributed by atoms with Gasteiger partial charge in [0.05, 0.1) is 6.61 Å². The number of carbonyl (C=O) groups is 2. The molecule has 0 aromatic carbocycles. The molecule has 0 heterocycles. The second-order valence-corrected chi connectivity index (χ2v) is 3.39. The van der Waals surface area contributed by atoms with Crippen LogP contribution in [0.1, 0.15) is 13.8 Å². The third kappa shape index (κ3) is 3.38. The minimum atomic E-state index is -1.15. The van der Waals surface area contributed by atoms with Gasteiger partial charge in [-0.05, 0) is 31.0 Å². The summed E-state index contributed by atoms with van der Waals surface area (Å²) in [4.78, 5) is 20.7. The fraction of sp³-hybridized carbons (Fsp3) is 0.333.